The molecule has 0 radical (unpaired) electrons. The highest BCUT2D eigenvalue weighted by Crippen LogP contribution is 2.23. The first kappa shape index (κ1) is 11.4. The maximum atomic E-state index is 10.7. The normalized spacial score (nSPS) is 12.9. The lowest BCUT2D eigenvalue weighted by Crippen LogP contribution is -2.32. The first-order chi connectivity index (χ1) is 7.59. The van der Waals surface area contributed by atoms with Gasteiger partial charge in [0, 0.05) is 21.6 Å². The number of nitrogens with two attached hydrogens (primary N) is 1. The number of fused-ring (bicyclic) bond motifs is 1. The Balaban J connectivity index is 2.39. The molecule has 2 rings (SSSR count). The van der Waals surface area contributed by atoms with Crippen molar-refractivity contribution in [3.63, 3.8) is 0 Å². The van der Waals surface area contributed by atoms with Crippen LogP contribution in [-0.4, -0.2) is 22.1 Å². The number of aromatic amines is 1. The van der Waals surface area contributed by atoms with Crippen LogP contribution in [0.4, 0.5) is 0 Å². The van der Waals surface area contributed by atoms with Gasteiger partial charge in [0.1, 0.15) is 6.04 Å². The van der Waals surface area contributed by atoms with Crippen LogP contribution in [0.1, 0.15) is 5.56 Å². The Morgan fingerprint density at radius 2 is 2.31 bits per heavy atom. The van der Waals surface area contributed by atoms with Crippen LogP contribution < -0.4 is 5.73 Å². The number of hydrogen-bond donors (Lipinski definition) is 3. The van der Waals surface area contributed by atoms with Crippen molar-refractivity contribution in [3.05, 3.63) is 33.5 Å². The molecule has 0 saturated carbocycles. The van der Waals surface area contributed by atoms with Gasteiger partial charge in [0.2, 0.25) is 0 Å². The number of carboxylic acid groups (broad SMARTS) is 1. The minimum Gasteiger partial charge on any atom is -0.480 e. The number of carboxylic acids is 1. The van der Waals surface area contributed by atoms with Gasteiger partial charge in [0.25, 0.3) is 0 Å². The Bertz CT molecular complexity index is 536. The predicted molar refractivity (Wildman–Crippen MR) is 70.3 cm³/mol. The van der Waals surface area contributed by atoms with E-state index in [0.29, 0.717) is 6.42 Å². The Kier molecular flexibility index (Phi) is 3.15. The van der Waals surface area contributed by atoms with E-state index in [0.717, 1.165) is 20.0 Å². The van der Waals surface area contributed by atoms with Gasteiger partial charge in [-0.1, -0.05) is 12.1 Å². The van der Waals surface area contributed by atoms with E-state index in [9.17, 15) is 4.79 Å². The van der Waals surface area contributed by atoms with E-state index in [1.807, 2.05) is 24.4 Å². The molecule has 0 saturated heterocycles. The SMILES string of the molecule is N[C@H](Cc1c[nH]c2c(I)cccc12)C(=O)O. The molecule has 1 aromatic heterocycles. The molecule has 0 aliphatic heterocycles. The van der Waals surface area contributed by atoms with Gasteiger partial charge >= 0.3 is 5.97 Å². The molecule has 1 heterocycles. The van der Waals surface area contributed by atoms with Crippen LogP contribution in [0, 0.1) is 3.57 Å². The van der Waals surface area contributed by atoms with Gasteiger partial charge in [-0.15, -0.1) is 0 Å². The van der Waals surface area contributed by atoms with Crippen molar-refractivity contribution in [2.24, 2.45) is 5.73 Å². The zero-order chi connectivity index (χ0) is 11.7. The second-order valence-electron chi connectivity index (χ2n) is 3.63. The molecular formula is C11H11IN2O2. The average molecular weight is 330 g/mol. The molecule has 0 aliphatic rings. The lowest BCUT2D eigenvalue weighted by molar-refractivity contribution is -0.138. The Morgan fingerprint density at radius 3 is 3.00 bits per heavy atom. The molecule has 5 heteroatoms. The topological polar surface area (TPSA) is 79.1 Å². The van der Waals surface area contributed by atoms with Crippen molar-refractivity contribution >= 4 is 39.5 Å². The number of aliphatic carboxylic acids is 1. The summed E-state index contributed by atoms with van der Waals surface area (Å²) in [6, 6.07) is 5.07. The van der Waals surface area contributed by atoms with Crippen LogP contribution in [-0.2, 0) is 11.2 Å². The standard InChI is InChI=1S/C11H11IN2O2/c12-8-3-1-2-7-6(5-14-10(7)8)4-9(13)11(15)16/h1-3,5,9,14H,4,13H2,(H,15,16)/t9-/m1/s1. The molecular weight excluding hydrogens is 319 g/mol. The smallest absolute Gasteiger partial charge is 0.320 e. The molecule has 4 N–H and O–H groups in total. The highest BCUT2D eigenvalue weighted by atomic mass is 127. The minimum absolute atomic E-state index is 0.343. The number of benzene rings is 1. The Labute approximate surface area is 106 Å². The van der Waals surface area contributed by atoms with Crippen LogP contribution in [0.25, 0.3) is 10.9 Å². The number of halogens is 1. The van der Waals surface area contributed by atoms with E-state index < -0.39 is 12.0 Å². The first-order valence-corrected chi connectivity index (χ1v) is 5.90. The number of rotatable bonds is 3. The highest BCUT2D eigenvalue weighted by Gasteiger charge is 2.15. The van der Waals surface area contributed by atoms with Gasteiger partial charge in [-0.3, -0.25) is 4.79 Å². The van der Waals surface area contributed by atoms with E-state index in [1.165, 1.54) is 0 Å². The number of H-pyrrole nitrogens is 1. The summed E-state index contributed by atoms with van der Waals surface area (Å²) < 4.78 is 1.12. The Hall–Kier alpha value is -1.08. The monoisotopic (exact) mass is 330 g/mol. The Morgan fingerprint density at radius 1 is 1.56 bits per heavy atom. The van der Waals surface area contributed by atoms with Crippen LogP contribution in [0.2, 0.25) is 0 Å². The van der Waals surface area contributed by atoms with Gasteiger partial charge in [0.05, 0.1) is 5.52 Å². The molecule has 0 amide bonds. The molecule has 0 unspecified atom stereocenters. The lowest BCUT2D eigenvalue weighted by Gasteiger charge is -2.04. The van der Waals surface area contributed by atoms with E-state index in [2.05, 4.69) is 27.6 Å². The molecule has 1 atom stereocenters. The molecule has 1 aromatic carbocycles. The summed E-state index contributed by atoms with van der Waals surface area (Å²) in [5.41, 5.74) is 7.51. The summed E-state index contributed by atoms with van der Waals surface area (Å²) in [4.78, 5) is 13.8. The van der Waals surface area contributed by atoms with Crippen molar-refractivity contribution in [1.82, 2.24) is 4.98 Å². The van der Waals surface area contributed by atoms with Crippen molar-refractivity contribution in [1.29, 1.82) is 0 Å². The molecule has 0 fully saturated rings. The van der Waals surface area contributed by atoms with Gasteiger partial charge in [0.15, 0.2) is 0 Å². The summed E-state index contributed by atoms with van der Waals surface area (Å²) in [6.07, 6.45) is 2.17. The van der Waals surface area contributed by atoms with Gasteiger partial charge in [-0.25, -0.2) is 0 Å². The fourth-order valence-electron chi connectivity index (χ4n) is 1.67. The number of para-hydroxylation sites is 1. The number of carbonyl (C=O) groups is 1. The van der Waals surface area contributed by atoms with E-state index in [4.69, 9.17) is 10.8 Å². The summed E-state index contributed by atoms with van der Waals surface area (Å²) in [5, 5.41) is 9.82. The fraction of sp³-hybridized carbons (Fsp3) is 0.182. The van der Waals surface area contributed by atoms with E-state index in [-0.39, 0.29) is 0 Å². The minimum atomic E-state index is -0.972. The molecule has 0 spiro atoms. The summed E-state index contributed by atoms with van der Waals surface area (Å²) >= 11 is 2.24. The third-order valence-electron chi connectivity index (χ3n) is 2.51. The summed E-state index contributed by atoms with van der Waals surface area (Å²) in [7, 11) is 0. The van der Waals surface area contributed by atoms with E-state index in [1.54, 1.807) is 0 Å². The first-order valence-electron chi connectivity index (χ1n) is 4.82. The molecule has 84 valence electrons. The average Bonchev–Trinajstić information content (AvgIpc) is 2.63. The van der Waals surface area contributed by atoms with Crippen molar-refractivity contribution in [2.75, 3.05) is 0 Å². The van der Waals surface area contributed by atoms with Crippen molar-refractivity contribution in [2.45, 2.75) is 12.5 Å². The van der Waals surface area contributed by atoms with Gasteiger partial charge in [-0.05, 0) is 34.2 Å². The number of hydrogen-bond acceptors (Lipinski definition) is 2. The molecule has 0 bridgehead atoms. The third kappa shape index (κ3) is 2.05. The van der Waals surface area contributed by atoms with Crippen molar-refractivity contribution in [3.8, 4) is 0 Å². The zero-order valence-corrected chi connectivity index (χ0v) is 10.6. The number of nitrogens with one attached hydrogen (secondary N) is 1. The highest BCUT2D eigenvalue weighted by molar-refractivity contribution is 14.1. The van der Waals surface area contributed by atoms with E-state index >= 15 is 0 Å². The molecule has 4 nitrogen and oxygen atoms in total. The van der Waals surface area contributed by atoms with Crippen LogP contribution >= 0.6 is 22.6 Å². The third-order valence-corrected chi connectivity index (χ3v) is 3.41. The zero-order valence-electron chi connectivity index (χ0n) is 8.40. The predicted octanol–water partition coefficient (Wildman–Crippen LogP) is 1.73. The maximum Gasteiger partial charge on any atom is 0.320 e. The fourth-order valence-corrected chi connectivity index (χ4v) is 2.32. The summed E-state index contributed by atoms with van der Waals surface area (Å²) in [5.74, 6) is -0.972. The largest absolute Gasteiger partial charge is 0.480 e. The van der Waals surface area contributed by atoms with Crippen molar-refractivity contribution < 1.29 is 9.90 Å². The summed E-state index contributed by atoms with van der Waals surface area (Å²) in [6.45, 7) is 0. The number of aromatic nitrogens is 1. The van der Waals surface area contributed by atoms with Gasteiger partial charge in [-0.2, -0.15) is 0 Å². The quantitative estimate of drug-likeness (QED) is 0.750. The molecule has 0 aliphatic carbocycles. The molecule has 16 heavy (non-hydrogen) atoms. The lowest BCUT2D eigenvalue weighted by atomic mass is 10.1. The second-order valence-corrected chi connectivity index (χ2v) is 4.79. The van der Waals surface area contributed by atoms with Gasteiger partial charge < -0.3 is 15.8 Å². The second kappa shape index (κ2) is 4.42. The molecule has 2 aromatic rings. The van der Waals surface area contributed by atoms with Crippen LogP contribution in [0.5, 0.6) is 0 Å². The maximum absolute atomic E-state index is 10.7. The van der Waals surface area contributed by atoms with Crippen LogP contribution in [0.3, 0.4) is 0 Å². The van der Waals surface area contributed by atoms with Crippen LogP contribution in [0.15, 0.2) is 24.4 Å².